The van der Waals surface area contributed by atoms with Crippen LogP contribution in [-0.2, 0) is 19.1 Å². The van der Waals surface area contributed by atoms with Crippen LogP contribution in [0.15, 0.2) is 72.9 Å². The van der Waals surface area contributed by atoms with Crippen molar-refractivity contribution in [1.82, 2.24) is 5.32 Å². The van der Waals surface area contributed by atoms with Gasteiger partial charge >= 0.3 is 11.9 Å². The van der Waals surface area contributed by atoms with E-state index < -0.39 is 5.97 Å². The molecule has 0 fully saturated rings. The van der Waals surface area contributed by atoms with Crippen molar-refractivity contribution in [3.05, 3.63) is 72.9 Å². The van der Waals surface area contributed by atoms with E-state index in [-0.39, 0.29) is 24.5 Å². The average Bonchev–Trinajstić information content (AvgIpc) is 3.18. The zero-order valence-electron chi connectivity index (χ0n) is 36.2. The molecule has 0 bridgehead atoms. The number of ether oxygens (including phenoxy) is 1. The quantitative estimate of drug-likeness (QED) is 0.0366. The number of carboxylic acids is 1. The summed E-state index contributed by atoms with van der Waals surface area (Å²) in [7, 11) is 0. The molecule has 2 N–H and O–H groups in total. The van der Waals surface area contributed by atoms with Crippen LogP contribution in [0, 0.1) is 0 Å². The Kier molecular flexibility index (Phi) is 42.1. The predicted octanol–water partition coefficient (Wildman–Crippen LogP) is 14.6. The first-order valence-corrected chi connectivity index (χ1v) is 23.1. The van der Waals surface area contributed by atoms with Gasteiger partial charge in [-0.2, -0.15) is 0 Å². The summed E-state index contributed by atoms with van der Waals surface area (Å²) in [5.41, 5.74) is 0. The number of aliphatic carboxylic acids is 1. The smallest absolute Gasteiger partial charge is 0.322 e. The minimum Gasteiger partial charge on any atom is -0.480 e. The number of carboxylic acid groups (broad SMARTS) is 1. The molecule has 1 atom stereocenters. The normalized spacial score (nSPS) is 12.8. The third kappa shape index (κ3) is 43.6. The maximum Gasteiger partial charge on any atom is 0.322 e. The van der Waals surface area contributed by atoms with Gasteiger partial charge in [0.05, 0.1) is 0 Å². The van der Waals surface area contributed by atoms with Crippen molar-refractivity contribution in [3.63, 3.8) is 0 Å². The number of amides is 1. The van der Waals surface area contributed by atoms with Gasteiger partial charge in [-0.1, -0.05) is 177 Å². The Bertz CT molecular complexity index is 1090. The molecule has 0 aliphatic carbocycles. The summed E-state index contributed by atoms with van der Waals surface area (Å²) in [6, 6.07) is 0. The second-order valence-corrected chi connectivity index (χ2v) is 15.3. The first kappa shape index (κ1) is 52.9. The van der Waals surface area contributed by atoms with Crippen LogP contribution >= 0.6 is 0 Å². The number of nitrogens with one attached hydrogen (secondary N) is 1. The minimum atomic E-state index is -1.02. The Balaban J connectivity index is 4.20. The van der Waals surface area contributed by atoms with Gasteiger partial charge in [-0.3, -0.25) is 14.4 Å². The lowest BCUT2D eigenvalue weighted by Gasteiger charge is -2.17. The number of rotatable bonds is 41. The van der Waals surface area contributed by atoms with E-state index in [1.54, 1.807) is 0 Å². The third-order valence-corrected chi connectivity index (χ3v) is 9.87. The summed E-state index contributed by atoms with van der Waals surface area (Å²) in [6.45, 7) is 4.09. The summed E-state index contributed by atoms with van der Waals surface area (Å²) in [4.78, 5) is 35.1. The Morgan fingerprint density at radius 1 is 0.482 bits per heavy atom. The first-order chi connectivity index (χ1) is 27.5. The molecule has 0 aliphatic rings. The lowest BCUT2D eigenvalue weighted by atomic mass is 10.0. The van der Waals surface area contributed by atoms with E-state index in [0.717, 1.165) is 96.3 Å². The summed E-state index contributed by atoms with van der Waals surface area (Å²) in [5, 5.41) is 11.1. The lowest BCUT2D eigenvalue weighted by Crippen LogP contribution is -2.28. The van der Waals surface area contributed by atoms with Gasteiger partial charge < -0.3 is 15.2 Å². The molecular formula is C50H85NO5. The van der Waals surface area contributed by atoms with Gasteiger partial charge in [0.2, 0.25) is 5.91 Å². The zero-order valence-corrected chi connectivity index (χ0v) is 36.2. The molecule has 0 rings (SSSR count). The van der Waals surface area contributed by atoms with E-state index in [2.05, 4.69) is 92.1 Å². The van der Waals surface area contributed by atoms with E-state index in [1.807, 2.05) is 0 Å². The molecule has 6 nitrogen and oxygen atoms in total. The van der Waals surface area contributed by atoms with Gasteiger partial charge in [0.15, 0.2) is 0 Å². The van der Waals surface area contributed by atoms with Crippen LogP contribution in [0.4, 0.5) is 0 Å². The lowest BCUT2D eigenvalue weighted by molar-refractivity contribution is -0.150. The van der Waals surface area contributed by atoms with Gasteiger partial charge in [-0.05, 0) is 96.3 Å². The second-order valence-electron chi connectivity index (χ2n) is 15.3. The minimum absolute atomic E-state index is 0.0568. The number of allylic oxidation sites excluding steroid dienone is 12. The highest BCUT2D eigenvalue weighted by Gasteiger charge is 2.14. The second kappa shape index (κ2) is 44.6. The predicted molar refractivity (Wildman–Crippen MR) is 240 cm³/mol. The molecular weight excluding hydrogens is 695 g/mol. The molecule has 0 radical (unpaired) electrons. The van der Waals surface area contributed by atoms with E-state index in [1.165, 1.54) is 89.9 Å². The standard InChI is InChI=1S/C50H85NO5/c1-3-5-7-9-11-13-15-17-18-19-20-21-22-23-24-26-28-30-32-37-41-45-50(55)56-47(43-39-35-33-36-40-44-48(52)51-46-49(53)54)42-38-34-31-29-27-25-16-14-12-10-8-6-4-2/h6,8,12,14-15,17,19-20,25,27,31,34,47H,3-5,7,9-11,13,16,18,21-24,26,28-30,32-33,35-46H2,1-2H3,(H,51,52)(H,53,54)/b8-6-,14-12-,17-15-,20-19-,27-25-,34-31-. The van der Waals surface area contributed by atoms with Crippen LogP contribution < -0.4 is 5.32 Å². The zero-order chi connectivity index (χ0) is 40.8. The number of hydrogen-bond donors (Lipinski definition) is 2. The summed E-state index contributed by atoms with van der Waals surface area (Å²) in [6.07, 6.45) is 60.3. The van der Waals surface area contributed by atoms with Crippen LogP contribution in [0.1, 0.15) is 213 Å². The highest BCUT2D eigenvalue weighted by atomic mass is 16.5. The Morgan fingerprint density at radius 2 is 0.911 bits per heavy atom. The average molecular weight is 780 g/mol. The number of esters is 1. The van der Waals surface area contributed by atoms with Crippen molar-refractivity contribution >= 4 is 17.8 Å². The number of unbranched alkanes of at least 4 members (excludes halogenated alkanes) is 18. The van der Waals surface area contributed by atoms with E-state index in [4.69, 9.17) is 9.84 Å². The largest absolute Gasteiger partial charge is 0.480 e. The number of hydrogen-bond acceptors (Lipinski definition) is 4. The van der Waals surface area contributed by atoms with Gasteiger partial charge in [0.1, 0.15) is 12.6 Å². The topological polar surface area (TPSA) is 92.7 Å². The highest BCUT2D eigenvalue weighted by Crippen LogP contribution is 2.17. The molecule has 0 saturated carbocycles. The SMILES string of the molecule is CC/C=C\C/C=C\C/C=C\C/C=C\CCC(CCCCCCCC(=O)NCC(=O)O)OC(=O)CCCCCCCCCCC/C=C\C/C=C\CCCCCCC. The highest BCUT2D eigenvalue weighted by molar-refractivity contribution is 5.80. The van der Waals surface area contributed by atoms with Crippen LogP contribution in [-0.4, -0.2) is 35.6 Å². The molecule has 56 heavy (non-hydrogen) atoms. The Hall–Kier alpha value is -3.15. The molecule has 0 aromatic rings. The van der Waals surface area contributed by atoms with Crippen LogP contribution in [0.25, 0.3) is 0 Å². The van der Waals surface area contributed by atoms with Crippen molar-refractivity contribution in [2.75, 3.05) is 6.54 Å². The third-order valence-electron chi connectivity index (χ3n) is 9.87. The molecule has 0 aliphatic heterocycles. The molecule has 0 aromatic carbocycles. The monoisotopic (exact) mass is 780 g/mol. The molecule has 0 spiro atoms. The van der Waals surface area contributed by atoms with Crippen molar-refractivity contribution in [3.8, 4) is 0 Å². The molecule has 0 heterocycles. The maximum absolute atomic E-state index is 12.8. The summed E-state index contributed by atoms with van der Waals surface area (Å²) >= 11 is 0. The molecule has 0 aromatic heterocycles. The van der Waals surface area contributed by atoms with Gasteiger partial charge in [-0.15, -0.1) is 0 Å². The van der Waals surface area contributed by atoms with Crippen molar-refractivity contribution in [2.24, 2.45) is 0 Å². The number of carbonyl (C=O) groups excluding carboxylic acids is 2. The van der Waals surface area contributed by atoms with Gasteiger partial charge in [0.25, 0.3) is 0 Å². The van der Waals surface area contributed by atoms with Gasteiger partial charge in [0, 0.05) is 12.8 Å². The molecule has 320 valence electrons. The molecule has 1 amide bonds. The van der Waals surface area contributed by atoms with Crippen LogP contribution in [0.5, 0.6) is 0 Å². The molecule has 6 heteroatoms. The van der Waals surface area contributed by atoms with Crippen molar-refractivity contribution in [2.45, 2.75) is 219 Å². The van der Waals surface area contributed by atoms with Gasteiger partial charge in [-0.25, -0.2) is 0 Å². The Morgan fingerprint density at radius 3 is 1.43 bits per heavy atom. The van der Waals surface area contributed by atoms with Crippen LogP contribution in [0.2, 0.25) is 0 Å². The Labute approximate surface area is 344 Å². The number of carbonyl (C=O) groups is 3. The van der Waals surface area contributed by atoms with E-state index in [0.29, 0.717) is 12.8 Å². The fraction of sp³-hybridized carbons (Fsp3) is 0.700. The molecule has 0 saturated heterocycles. The van der Waals surface area contributed by atoms with E-state index >= 15 is 0 Å². The summed E-state index contributed by atoms with van der Waals surface area (Å²) in [5.74, 6) is -1.29. The van der Waals surface area contributed by atoms with Crippen molar-refractivity contribution < 1.29 is 24.2 Å². The fourth-order valence-electron chi connectivity index (χ4n) is 6.48. The van der Waals surface area contributed by atoms with E-state index in [9.17, 15) is 14.4 Å². The van der Waals surface area contributed by atoms with Crippen LogP contribution in [0.3, 0.4) is 0 Å². The maximum atomic E-state index is 12.8. The summed E-state index contributed by atoms with van der Waals surface area (Å²) < 4.78 is 6.00. The van der Waals surface area contributed by atoms with Crippen molar-refractivity contribution in [1.29, 1.82) is 0 Å². The fourth-order valence-corrected chi connectivity index (χ4v) is 6.48. The molecule has 1 unspecified atom stereocenters. The first-order valence-electron chi connectivity index (χ1n) is 23.1.